The van der Waals surface area contributed by atoms with Crippen LogP contribution in [0.15, 0.2) is 34.1 Å². The van der Waals surface area contributed by atoms with Crippen molar-refractivity contribution in [3.63, 3.8) is 0 Å². The van der Waals surface area contributed by atoms with Crippen molar-refractivity contribution in [1.29, 1.82) is 0 Å². The standard InChI is InChI=1S/C9H9NS2/c1-2-4-9-8(3-1)11-10(12-9)7-5-6-7/h1-4,7H,5-6H2. The minimum atomic E-state index is 0.840. The summed E-state index contributed by atoms with van der Waals surface area (Å²) >= 11 is 3.81. The number of hydrogen-bond donors (Lipinski definition) is 0. The smallest absolute Gasteiger partial charge is 0.0388 e. The second-order valence-electron chi connectivity index (χ2n) is 3.15. The second-order valence-corrected chi connectivity index (χ2v) is 5.41. The van der Waals surface area contributed by atoms with E-state index in [4.69, 9.17) is 0 Å². The first-order chi connectivity index (χ1) is 5.93. The minimum Gasteiger partial charge on any atom is -0.183 e. The fourth-order valence-corrected chi connectivity index (χ4v) is 3.80. The SMILES string of the molecule is c1ccc2c(c1)SN(C1CC1)S2. The zero-order valence-corrected chi connectivity index (χ0v) is 8.20. The van der Waals surface area contributed by atoms with Crippen molar-refractivity contribution in [2.45, 2.75) is 28.7 Å². The van der Waals surface area contributed by atoms with Gasteiger partial charge < -0.3 is 0 Å². The van der Waals surface area contributed by atoms with Gasteiger partial charge in [0.1, 0.15) is 0 Å². The van der Waals surface area contributed by atoms with Crippen molar-refractivity contribution in [2.75, 3.05) is 0 Å². The Morgan fingerprint density at radius 2 is 1.67 bits per heavy atom. The van der Waals surface area contributed by atoms with Crippen molar-refractivity contribution in [2.24, 2.45) is 0 Å². The van der Waals surface area contributed by atoms with Gasteiger partial charge >= 0.3 is 0 Å². The molecular weight excluding hydrogens is 186 g/mol. The summed E-state index contributed by atoms with van der Waals surface area (Å²) in [4.78, 5) is 2.85. The summed E-state index contributed by atoms with van der Waals surface area (Å²) in [6.45, 7) is 0. The molecule has 1 aromatic rings. The van der Waals surface area contributed by atoms with Crippen LogP contribution in [-0.4, -0.2) is 9.75 Å². The van der Waals surface area contributed by atoms with Crippen molar-refractivity contribution >= 4 is 23.9 Å². The van der Waals surface area contributed by atoms with Gasteiger partial charge in [0, 0.05) is 15.8 Å². The molecule has 1 aliphatic heterocycles. The average Bonchev–Trinajstić information content (AvgIpc) is 2.85. The van der Waals surface area contributed by atoms with E-state index in [1.165, 1.54) is 22.6 Å². The molecule has 3 heteroatoms. The average molecular weight is 195 g/mol. The van der Waals surface area contributed by atoms with E-state index in [-0.39, 0.29) is 0 Å². The Morgan fingerprint density at radius 3 is 2.17 bits per heavy atom. The van der Waals surface area contributed by atoms with E-state index in [1.807, 2.05) is 23.9 Å². The van der Waals surface area contributed by atoms with Crippen LogP contribution < -0.4 is 0 Å². The summed E-state index contributed by atoms with van der Waals surface area (Å²) in [5.74, 6) is 0. The zero-order valence-electron chi connectivity index (χ0n) is 6.56. The lowest BCUT2D eigenvalue weighted by Crippen LogP contribution is -2.03. The van der Waals surface area contributed by atoms with Crippen LogP contribution in [0, 0.1) is 0 Å². The molecule has 1 aromatic carbocycles. The lowest BCUT2D eigenvalue weighted by Gasteiger charge is -2.08. The Morgan fingerprint density at radius 1 is 1.08 bits per heavy atom. The van der Waals surface area contributed by atoms with Gasteiger partial charge in [-0.25, -0.2) is 0 Å². The molecule has 0 aromatic heterocycles. The third-order valence-corrected chi connectivity index (χ3v) is 4.71. The summed E-state index contributed by atoms with van der Waals surface area (Å²) in [7, 11) is 0. The van der Waals surface area contributed by atoms with Crippen molar-refractivity contribution < 1.29 is 0 Å². The van der Waals surface area contributed by atoms with Gasteiger partial charge in [0.25, 0.3) is 0 Å². The monoisotopic (exact) mass is 195 g/mol. The molecule has 1 nitrogen and oxygen atoms in total. The molecule has 1 fully saturated rings. The predicted molar refractivity (Wildman–Crippen MR) is 53.0 cm³/mol. The second kappa shape index (κ2) is 2.69. The van der Waals surface area contributed by atoms with Gasteiger partial charge in [0.2, 0.25) is 0 Å². The van der Waals surface area contributed by atoms with Crippen LogP contribution in [-0.2, 0) is 0 Å². The molecule has 3 rings (SSSR count). The molecule has 0 radical (unpaired) electrons. The van der Waals surface area contributed by atoms with Crippen LogP contribution in [0.1, 0.15) is 12.8 Å². The maximum atomic E-state index is 2.44. The number of benzene rings is 1. The molecule has 12 heavy (non-hydrogen) atoms. The van der Waals surface area contributed by atoms with E-state index in [2.05, 4.69) is 28.0 Å². The topological polar surface area (TPSA) is 3.24 Å². The van der Waals surface area contributed by atoms with Crippen LogP contribution in [0.5, 0.6) is 0 Å². The van der Waals surface area contributed by atoms with Gasteiger partial charge in [-0.15, -0.1) is 0 Å². The van der Waals surface area contributed by atoms with E-state index in [9.17, 15) is 0 Å². The fraction of sp³-hybridized carbons (Fsp3) is 0.333. The van der Waals surface area contributed by atoms with Gasteiger partial charge in [-0.2, -0.15) is 3.71 Å². The molecule has 2 aliphatic rings. The van der Waals surface area contributed by atoms with Gasteiger partial charge in [-0.3, -0.25) is 0 Å². The molecule has 62 valence electrons. The van der Waals surface area contributed by atoms with E-state index < -0.39 is 0 Å². The van der Waals surface area contributed by atoms with Gasteiger partial charge in [-0.05, 0) is 48.9 Å². The summed E-state index contributed by atoms with van der Waals surface area (Å²) in [5, 5.41) is 0. The summed E-state index contributed by atoms with van der Waals surface area (Å²) < 4.78 is 2.44. The predicted octanol–water partition coefficient (Wildman–Crippen LogP) is 3.18. The first-order valence-corrected chi connectivity index (χ1v) is 5.72. The summed E-state index contributed by atoms with van der Waals surface area (Å²) in [6.07, 6.45) is 2.77. The lowest BCUT2D eigenvalue weighted by atomic mass is 10.4. The summed E-state index contributed by atoms with van der Waals surface area (Å²) in [5.41, 5.74) is 0. The molecule has 0 saturated heterocycles. The highest BCUT2D eigenvalue weighted by molar-refractivity contribution is 8.14. The molecule has 1 heterocycles. The van der Waals surface area contributed by atoms with Crippen LogP contribution >= 0.6 is 23.9 Å². The van der Waals surface area contributed by atoms with Crippen LogP contribution in [0.3, 0.4) is 0 Å². The fourth-order valence-electron chi connectivity index (χ4n) is 1.25. The van der Waals surface area contributed by atoms with E-state index in [0.29, 0.717) is 0 Å². The lowest BCUT2D eigenvalue weighted by molar-refractivity contribution is 0.741. The van der Waals surface area contributed by atoms with Crippen molar-refractivity contribution in [3.8, 4) is 0 Å². The Hall–Kier alpha value is -0.120. The molecule has 0 N–H and O–H groups in total. The Kier molecular flexibility index (Phi) is 1.63. The van der Waals surface area contributed by atoms with E-state index in [1.54, 1.807) is 0 Å². The quantitative estimate of drug-likeness (QED) is 0.634. The third-order valence-electron chi connectivity index (χ3n) is 2.07. The van der Waals surface area contributed by atoms with Gasteiger partial charge in [0.15, 0.2) is 0 Å². The highest BCUT2D eigenvalue weighted by Crippen LogP contribution is 2.51. The number of nitrogens with zero attached hydrogens (tertiary/aromatic N) is 1. The first-order valence-electron chi connectivity index (χ1n) is 4.18. The Bertz CT molecular complexity index is 284. The normalized spacial score (nSPS) is 22.7. The molecule has 0 bridgehead atoms. The van der Waals surface area contributed by atoms with Gasteiger partial charge in [-0.1, -0.05) is 12.1 Å². The summed E-state index contributed by atoms with van der Waals surface area (Å²) in [6, 6.07) is 9.48. The highest BCUT2D eigenvalue weighted by atomic mass is 32.2. The zero-order chi connectivity index (χ0) is 7.97. The van der Waals surface area contributed by atoms with Crippen LogP contribution in [0.25, 0.3) is 0 Å². The Labute approximate surface area is 80.8 Å². The molecule has 1 aliphatic carbocycles. The molecular formula is C9H9NS2. The third kappa shape index (κ3) is 1.16. The van der Waals surface area contributed by atoms with E-state index >= 15 is 0 Å². The Balaban J connectivity index is 1.89. The van der Waals surface area contributed by atoms with Crippen LogP contribution in [0.4, 0.5) is 0 Å². The van der Waals surface area contributed by atoms with Crippen molar-refractivity contribution in [3.05, 3.63) is 24.3 Å². The van der Waals surface area contributed by atoms with Gasteiger partial charge in [0.05, 0.1) is 0 Å². The maximum Gasteiger partial charge on any atom is 0.0388 e. The largest absolute Gasteiger partial charge is 0.183 e. The number of fused-ring (bicyclic) bond motifs is 1. The maximum absolute atomic E-state index is 2.44. The minimum absolute atomic E-state index is 0.840. The highest BCUT2D eigenvalue weighted by Gasteiger charge is 2.34. The molecule has 0 atom stereocenters. The molecule has 0 unspecified atom stereocenters. The first kappa shape index (κ1) is 7.30. The number of hydrogen-bond acceptors (Lipinski definition) is 3. The molecule has 0 amide bonds. The van der Waals surface area contributed by atoms with E-state index in [0.717, 1.165) is 6.04 Å². The van der Waals surface area contributed by atoms with Crippen LogP contribution in [0.2, 0.25) is 0 Å². The molecule has 0 spiro atoms. The number of rotatable bonds is 1. The van der Waals surface area contributed by atoms with Crippen molar-refractivity contribution in [1.82, 2.24) is 3.71 Å². The molecule has 1 saturated carbocycles.